The van der Waals surface area contributed by atoms with Crippen LogP contribution in [0.15, 0.2) is 0 Å². The van der Waals surface area contributed by atoms with E-state index in [1.54, 1.807) is 34.8 Å². The molecule has 2 N–H and O–H groups in total. The highest BCUT2D eigenvalue weighted by atomic mass is 28.4. The van der Waals surface area contributed by atoms with Gasteiger partial charge in [0, 0.05) is 49.7 Å². The molecule has 3 aliphatic heterocycles. The van der Waals surface area contributed by atoms with Gasteiger partial charge in [0.05, 0.1) is 47.6 Å². The second-order valence-corrected chi connectivity index (χ2v) is 23.0. The van der Waals surface area contributed by atoms with Crippen molar-refractivity contribution in [3.63, 3.8) is 0 Å². The van der Waals surface area contributed by atoms with Crippen LogP contribution < -0.4 is 0 Å². The molecule has 3 aliphatic rings. The fourth-order valence-corrected chi connectivity index (χ4v) is 10.2. The monoisotopic (exact) mass is 788 g/mol. The quantitative estimate of drug-likeness (QED) is 0.200. The van der Waals surface area contributed by atoms with Gasteiger partial charge in [0.2, 0.25) is 0 Å². The van der Waals surface area contributed by atoms with Gasteiger partial charge in [-0.15, -0.1) is 0 Å². The smallest absolute Gasteiger partial charge is 0.311 e. The summed E-state index contributed by atoms with van der Waals surface area (Å²) in [6, 6.07) is -0.0187. The average Bonchev–Trinajstić information content (AvgIpc) is 3.08. The predicted octanol–water partition coefficient (Wildman–Crippen LogP) is 5.95. The second-order valence-electron chi connectivity index (χ2n) is 18.5. The van der Waals surface area contributed by atoms with Gasteiger partial charge in [0.25, 0.3) is 0 Å². The summed E-state index contributed by atoms with van der Waals surface area (Å²) < 4.78 is 45.8. The Balaban J connectivity index is 2.22. The largest absolute Gasteiger partial charge is 0.462 e. The predicted molar refractivity (Wildman–Crippen MR) is 210 cm³/mol. The first kappa shape index (κ1) is 47.4. The number of carbonyl (C=O) groups excluding carboxylic acids is 2. The Labute approximate surface area is 327 Å². The molecule has 0 bridgehead atoms. The van der Waals surface area contributed by atoms with Crippen molar-refractivity contribution >= 4 is 20.1 Å². The van der Waals surface area contributed by atoms with E-state index in [9.17, 15) is 19.8 Å². The van der Waals surface area contributed by atoms with Crippen LogP contribution in [0.2, 0.25) is 19.6 Å². The van der Waals surface area contributed by atoms with Crippen molar-refractivity contribution in [1.82, 2.24) is 4.90 Å². The van der Waals surface area contributed by atoms with Crippen molar-refractivity contribution in [2.24, 2.45) is 29.6 Å². The number of esters is 1. The van der Waals surface area contributed by atoms with Crippen molar-refractivity contribution in [1.29, 1.82) is 0 Å². The number of hydrogen-bond donors (Lipinski definition) is 2. The summed E-state index contributed by atoms with van der Waals surface area (Å²) in [5, 5.41) is 24.2. The first-order valence-electron chi connectivity index (χ1n) is 20.6. The molecule has 0 aliphatic carbocycles. The molecule has 17 atom stereocenters. The number of carbonyl (C=O) groups is 2. The number of ketones is 1. The normalized spacial score (nSPS) is 45.2. The maximum Gasteiger partial charge on any atom is 0.311 e. The van der Waals surface area contributed by atoms with Crippen molar-refractivity contribution in [3.8, 4) is 0 Å². The molecular weight excluding hydrogens is 711 g/mol. The van der Waals surface area contributed by atoms with Crippen LogP contribution in [0.1, 0.15) is 108 Å². The van der Waals surface area contributed by atoms with Gasteiger partial charge in [0.15, 0.2) is 20.9 Å². The molecule has 3 saturated heterocycles. The third-order valence-corrected chi connectivity index (χ3v) is 13.3. The Bertz CT molecular complexity index is 1220. The number of Topliss-reactive ketones (excluding diaryl/α,β-unsaturated/α-hetero) is 1. The standard InChI is InChI=1S/C41H77NO11Si/c1-17-31-26(6)34(44)27(7)33(43)23(3)20-41(11,46)37(52-39-36(53-54(14,15)16)30(42(12)18-2)19-24(4)49-39)28(8)35(29(9)38(45)50-31)51-32-22-40(10,47-13)21-25(5)48-32/h23-32,34-37,39,44,46H,17-22H2,1-16H3/t23-,24-,25+,26+,27+,28+,29-,30+,31-,32+,34+,35+,36-,37-,39+,40+,41-/m1/s1. The molecule has 3 rings (SSSR count). The minimum Gasteiger partial charge on any atom is -0.462 e. The molecule has 3 fully saturated rings. The van der Waals surface area contributed by atoms with Crippen LogP contribution in [-0.2, 0) is 42.4 Å². The number of aliphatic hydroxyl groups excluding tert-OH is 1. The number of nitrogens with zero attached hydrogens (tertiary/aromatic N) is 1. The Hall–Kier alpha value is -1.00. The summed E-state index contributed by atoms with van der Waals surface area (Å²) in [6.45, 7) is 27.9. The van der Waals surface area contributed by atoms with Crippen LogP contribution in [0.4, 0.5) is 0 Å². The van der Waals surface area contributed by atoms with Crippen LogP contribution in [0, 0.1) is 29.6 Å². The van der Waals surface area contributed by atoms with Crippen LogP contribution >= 0.6 is 0 Å². The summed E-state index contributed by atoms with van der Waals surface area (Å²) in [6.07, 6.45) is -3.69. The molecule has 0 unspecified atom stereocenters. The number of cyclic esters (lactones) is 1. The van der Waals surface area contributed by atoms with Gasteiger partial charge in [-0.25, -0.2) is 0 Å². The zero-order valence-electron chi connectivity index (χ0n) is 36.4. The Morgan fingerprint density at radius 1 is 0.870 bits per heavy atom. The molecule has 54 heavy (non-hydrogen) atoms. The fraction of sp³-hybridized carbons (Fsp3) is 0.951. The summed E-state index contributed by atoms with van der Waals surface area (Å²) in [4.78, 5) is 30.5. The SMILES string of the molecule is CC[C@H]1OC(=O)[C@H](C)[C@@H](O[C@H]2C[C@@](C)(OC)C[C@H](C)O2)[C@H](C)[C@@H](O[C@@H]2O[C@H](C)C[C@H](N(C)CC)[C@H]2O[Si](C)(C)C)[C@](C)(O)C[C@@H](C)C(=O)[C@H](C)[C@@H](O)[C@H]1C. The van der Waals surface area contributed by atoms with E-state index >= 15 is 0 Å². The fourth-order valence-electron chi connectivity index (χ4n) is 9.09. The Morgan fingerprint density at radius 2 is 1.50 bits per heavy atom. The van der Waals surface area contributed by atoms with Crippen molar-refractivity contribution < 1.29 is 52.6 Å². The van der Waals surface area contributed by atoms with Crippen molar-refractivity contribution in [2.75, 3.05) is 20.7 Å². The van der Waals surface area contributed by atoms with Gasteiger partial charge in [-0.2, -0.15) is 0 Å². The minimum atomic E-state index is -2.15. The highest BCUT2D eigenvalue weighted by Crippen LogP contribution is 2.41. The summed E-state index contributed by atoms with van der Waals surface area (Å²) in [5.74, 6) is -4.09. The van der Waals surface area contributed by atoms with Gasteiger partial charge < -0.3 is 48.0 Å². The second kappa shape index (κ2) is 19.2. The van der Waals surface area contributed by atoms with Crippen LogP contribution in [0.3, 0.4) is 0 Å². The lowest BCUT2D eigenvalue weighted by atomic mass is 9.74. The Kier molecular flexibility index (Phi) is 16.8. The number of aliphatic hydroxyl groups is 2. The zero-order valence-corrected chi connectivity index (χ0v) is 37.4. The number of ether oxygens (including phenoxy) is 6. The third-order valence-electron chi connectivity index (χ3n) is 12.4. The molecular formula is C41H77NO11Si. The summed E-state index contributed by atoms with van der Waals surface area (Å²) >= 11 is 0. The molecule has 12 nitrogen and oxygen atoms in total. The molecule has 0 aromatic rings. The molecule has 0 amide bonds. The maximum absolute atomic E-state index is 14.2. The molecule has 0 radical (unpaired) electrons. The Morgan fingerprint density at radius 3 is 2.06 bits per heavy atom. The number of hydrogen-bond acceptors (Lipinski definition) is 12. The molecule has 316 valence electrons. The molecule has 0 aromatic heterocycles. The number of likely N-dealkylation sites (N-methyl/N-ethyl adjacent to an activating group) is 1. The highest BCUT2D eigenvalue weighted by Gasteiger charge is 2.52. The van der Waals surface area contributed by atoms with E-state index in [0.717, 1.165) is 13.0 Å². The number of methoxy groups -OCH3 is 1. The van der Waals surface area contributed by atoms with Crippen LogP contribution in [0.5, 0.6) is 0 Å². The lowest BCUT2D eigenvalue weighted by Gasteiger charge is -2.50. The highest BCUT2D eigenvalue weighted by molar-refractivity contribution is 6.69. The molecule has 0 spiro atoms. The van der Waals surface area contributed by atoms with Gasteiger partial charge in [-0.1, -0.05) is 41.5 Å². The topological polar surface area (TPSA) is 142 Å². The minimum absolute atomic E-state index is 0.0187. The lowest BCUT2D eigenvalue weighted by Crippen LogP contribution is -2.62. The van der Waals surface area contributed by atoms with E-state index in [1.165, 1.54) is 0 Å². The van der Waals surface area contributed by atoms with E-state index in [1.807, 2.05) is 41.5 Å². The summed E-state index contributed by atoms with van der Waals surface area (Å²) in [5.41, 5.74) is -2.15. The van der Waals surface area contributed by atoms with E-state index in [2.05, 4.69) is 38.5 Å². The average molecular weight is 788 g/mol. The van der Waals surface area contributed by atoms with Crippen LogP contribution in [-0.4, -0.2) is 128 Å². The maximum atomic E-state index is 14.2. The van der Waals surface area contributed by atoms with Gasteiger partial charge >= 0.3 is 5.97 Å². The van der Waals surface area contributed by atoms with E-state index in [0.29, 0.717) is 19.3 Å². The van der Waals surface area contributed by atoms with Crippen LogP contribution in [0.25, 0.3) is 0 Å². The number of rotatable bonds is 10. The van der Waals surface area contributed by atoms with E-state index in [-0.39, 0.29) is 30.5 Å². The van der Waals surface area contributed by atoms with Gasteiger partial charge in [-0.05, 0) is 87.1 Å². The van der Waals surface area contributed by atoms with Crippen molar-refractivity contribution in [2.45, 2.75) is 200 Å². The third kappa shape index (κ3) is 11.8. The molecule has 0 saturated carbocycles. The lowest BCUT2D eigenvalue weighted by molar-refractivity contribution is -0.308. The van der Waals surface area contributed by atoms with Gasteiger partial charge in [0.1, 0.15) is 18.0 Å². The molecule has 13 heteroatoms. The van der Waals surface area contributed by atoms with Gasteiger partial charge in [-0.3, -0.25) is 9.59 Å². The summed E-state index contributed by atoms with van der Waals surface area (Å²) in [7, 11) is 1.60. The first-order valence-corrected chi connectivity index (χ1v) is 24.0. The molecule has 0 aromatic carbocycles. The molecule has 3 heterocycles. The van der Waals surface area contributed by atoms with E-state index < -0.39 is 98.2 Å². The zero-order chi connectivity index (χ0) is 41.1. The van der Waals surface area contributed by atoms with Crippen molar-refractivity contribution in [3.05, 3.63) is 0 Å². The first-order chi connectivity index (χ1) is 24.9. The van der Waals surface area contributed by atoms with E-state index in [4.69, 9.17) is 32.8 Å².